The van der Waals surface area contributed by atoms with Gasteiger partial charge in [0.05, 0.1) is 17.4 Å². The predicted octanol–water partition coefficient (Wildman–Crippen LogP) is 3.91. The third kappa shape index (κ3) is 2.76. The van der Waals surface area contributed by atoms with Crippen molar-refractivity contribution in [3.05, 3.63) is 65.9 Å². The summed E-state index contributed by atoms with van der Waals surface area (Å²) in [5, 5.41) is 8.15. The Hall–Kier alpha value is -3.15. The van der Waals surface area contributed by atoms with Crippen LogP contribution in [0.4, 0.5) is 5.82 Å². The third-order valence-corrected chi connectivity index (χ3v) is 4.42. The van der Waals surface area contributed by atoms with Gasteiger partial charge in [-0.2, -0.15) is 9.61 Å². The lowest BCUT2D eigenvalue weighted by atomic mass is 10.1. The molecule has 25 heavy (non-hydrogen) atoms. The highest BCUT2D eigenvalue weighted by Gasteiger charge is 2.16. The van der Waals surface area contributed by atoms with Crippen LogP contribution < -0.4 is 5.32 Å². The van der Waals surface area contributed by atoms with Gasteiger partial charge in [0.1, 0.15) is 11.6 Å². The molecule has 0 radical (unpaired) electrons. The van der Waals surface area contributed by atoms with Crippen molar-refractivity contribution in [3.8, 4) is 11.3 Å². The molecule has 6 nitrogen and oxygen atoms in total. The predicted molar refractivity (Wildman–Crippen MR) is 98.5 cm³/mol. The lowest BCUT2D eigenvalue weighted by Gasteiger charge is -2.15. The molecule has 0 saturated carbocycles. The molecule has 0 fully saturated rings. The molecule has 1 aromatic carbocycles. The molecule has 0 aliphatic heterocycles. The minimum Gasteiger partial charge on any atom is -0.360 e. The molecule has 3 aromatic heterocycles. The number of rotatable bonds is 4. The molecule has 0 bridgehead atoms. The van der Waals surface area contributed by atoms with Gasteiger partial charge in [0, 0.05) is 29.6 Å². The van der Waals surface area contributed by atoms with Crippen molar-refractivity contribution in [2.45, 2.75) is 26.8 Å². The summed E-state index contributed by atoms with van der Waals surface area (Å²) < 4.78 is 1.87. The van der Waals surface area contributed by atoms with Crippen LogP contribution in [0.2, 0.25) is 0 Å². The number of aryl methyl sites for hydroxylation is 2. The lowest BCUT2D eigenvalue weighted by molar-refractivity contribution is 0.786. The summed E-state index contributed by atoms with van der Waals surface area (Å²) in [5.74, 6) is 1.77. The van der Waals surface area contributed by atoms with Gasteiger partial charge in [-0.15, -0.1) is 0 Å². The summed E-state index contributed by atoms with van der Waals surface area (Å²) >= 11 is 0. The fourth-order valence-corrected chi connectivity index (χ4v) is 2.89. The van der Waals surface area contributed by atoms with Crippen molar-refractivity contribution in [3.63, 3.8) is 0 Å². The Morgan fingerprint density at radius 2 is 1.96 bits per heavy atom. The van der Waals surface area contributed by atoms with Gasteiger partial charge in [-0.05, 0) is 20.8 Å². The van der Waals surface area contributed by atoms with E-state index in [1.807, 2.05) is 41.9 Å². The Balaban J connectivity index is 1.85. The Labute approximate surface area is 146 Å². The number of nitrogens with zero attached hydrogens (tertiary/aromatic N) is 4. The maximum absolute atomic E-state index is 4.83. The van der Waals surface area contributed by atoms with E-state index < -0.39 is 0 Å². The number of aromatic amines is 1. The van der Waals surface area contributed by atoms with Crippen molar-refractivity contribution < 1.29 is 0 Å². The number of fused-ring (bicyclic) bond motifs is 1. The molecular weight excluding hydrogens is 312 g/mol. The van der Waals surface area contributed by atoms with E-state index in [1.165, 1.54) is 0 Å². The maximum atomic E-state index is 4.83. The minimum absolute atomic E-state index is 0.0223. The summed E-state index contributed by atoms with van der Waals surface area (Å²) in [6.45, 7) is 6.13. The van der Waals surface area contributed by atoms with E-state index >= 15 is 0 Å². The van der Waals surface area contributed by atoms with E-state index in [2.05, 4.69) is 46.4 Å². The van der Waals surface area contributed by atoms with Gasteiger partial charge in [0.25, 0.3) is 0 Å². The highest BCUT2D eigenvalue weighted by molar-refractivity contribution is 5.68. The zero-order chi connectivity index (χ0) is 17.4. The van der Waals surface area contributed by atoms with Crippen LogP contribution in [0.25, 0.3) is 16.9 Å². The van der Waals surface area contributed by atoms with Crippen molar-refractivity contribution in [2.24, 2.45) is 0 Å². The van der Waals surface area contributed by atoms with Crippen molar-refractivity contribution in [1.29, 1.82) is 0 Å². The molecule has 126 valence electrons. The Morgan fingerprint density at radius 1 is 1.16 bits per heavy atom. The number of imidazole rings is 1. The topological polar surface area (TPSA) is 70.9 Å². The highest BCUT2D eigenvalue weighted by atomic mass is 15.3. The number of anilines is 1. The molecule has 1 atom stereocenters. The van der Waals surface area contributed by atoms with Crippen LogP contribution in [0.5, 0.6) is 0 Å². The van der Waals surface area contributed by atoms with Crippen LogP contribution in [-0.2, 0) is 0 Å². The summed E-state index contributed by atoms with van der Waals surface area (Å²) in [4.78, 5) is 12.3. The van der Waals surface area contributed by atoms with Crippen LogP contribution in [0.1, 0.15) is 30.0 Å². The summed E-state index contributed by atoms with van der Waals surface area (Å²) in [5.41, 5.74) is 4.94. The number of nitrogens with one attached hydrogen (secondary N) is 2. The first-order valence-corrected chi connectivity index (χ1v) is 8.31. The Bertz CT molecular complexity index is 1000. The SMILES string of the molecule is Cc1nn2c(N[C@H](C)c3ncc[nH]3)cc(-c3ccccc3)nc2c1C. The Kier molecular flexibility index (Phi) is 3.72. The van der Waals surface area contributed by atoms with Gasteiger partial charge < -0.3 is 10.3 Å². The molecule has 6 heteroatoms. The van der Waals surface area contributed by atoms with Crippen LogP contribution in [0.15, 0.2) is 48.8 Å². The first kappa shape index (κ1) is 15.4. The number of aromatic nitrogens is 5. The molecule has 2 N–H and O–H groups in total. The summed E-state index contributed by atoms with van der Waals surface area (Å²) in [6, 6.07) is 12.2. The average Bonchev–Trinajstić information content (AvgIpc) is 3.26. The van der Waals surface area contributed by atoms with Gasteiger partial charge in [-0.3, -0.25) is 0 Å². The van der Waals surface area contributed by atoms with Gasteiger partial charge in [-0.1, -0.05) is 30.3 Å². The van der Waals surface area contributed by atoms with Crippen LogP contribution in [-0.4, -0.2) is 24.6 Å². The van der Waals surface area contributed by atoms with Crippen molar-refractivity contribution in [1.82, 2.24) is 24.6 Å². The van der Waals surface area contributed by atoms with Crippen molar-refractivity contribution >= 4 is 11.5 Å². The van der Waals surface area contributed by atoms with E-state index in [0.717, 1.165) is 39.8 Å². The van der Waals surface area contributed by atoms with E-state index in [0.29, 0.717) is 0 Å². The van der Waals surface area contributed by atoms with Crippen LogP contribution in [0.3, 0.4) is 0 Å². The van der Waals surface area contributed by atoms with E-state index in [9.17, 15) is 0 Å². The van der Waals surface area contributed by atoms with Gasteiger partial charge in [0.2, 0.25) is 0 Å². The fourth-order valence-electron chi connectivity index (χ4n) is 2.89. The molecular formula is C19H20N6. The van der Waals surface area contributed by atoms with Gasteiger partial charge in [0.15, 0.2) is 5.65 Å². The largest absolute Gasteiger partial charge is 0.360 e. The molecule has 0 spiro atoms. The monoisotopic (exact) mass is 332 g/mol. The minimum atomic E-state index is 0.0223. The number of hydrogen-bond donors (Lipinski definition) is 2. The number of H-pyrrole nitrogens is 1. The highest BCUT2D eigenvalue weighted by Crippen LogP contribution is 2.26. The quantitative estimate of drug-likeness (QED) is 0.594. The molecule has 0 amide bonds. The summed E-state index contributed by atoms with van der Waals surface area (Å²) in [6.07, 6.45) is 3.58. The lowest BCUT2D eigenvalue weighted by Crippen LogP contribution is -2.12. The molecule has 3 heterocycles. The first-order chi connectivity index (χ1) is 12.1. The van der Waals surface area contributed by atoms with Crippen LogP contribution >= 0.6 is 0 Å². The smallest absolute Gasteiger partial charge is 0.161 e. The van der Waals surface area contributed by atoms with Gasteiger partial charge in [-0.25, -0.2) is 9.97 Å². The first-order valence-electron chi connectivity index (χ1n) is 8.31. The normalized spacial score (nSPS) is 12.4. The summed E-state index contributed by atoms with van der Waals surface area (Å²) in [7, 11) is 0. The second-order valence-electron chi connectivity index (χ2n) is 6.18. The van der Waals surface area contributed by atoms with Crippen LogP contribution in [0, 0.1) is 13.8 Å². The van der Waals surface area contributed by atoms with E-state index in [4.69, 9.17) is 4.98 Å². The zero-order valence-electron chi connectivity index (χ0n) is 14.5. The average molecular weight is 332 g/mol. The molecule has 0 saturated heterocycles. The fraction of sp³-hybridized carbons (Fsp3) is 0.211. The molecule has 4 aromatic rings. The Morgan fingerprint density at radius 3 is 2.68 bits per heavy atom. The number of hydrogen-bond acceptors (Lipinski definition) is 4. The zero-order valence-corrected chi connectivity index (χ0v) is 14.5. The molecule has 0 aliphatic carbocycles. The standard InChI is InChI=1S/C19H20N6/c1-12-13(2)24-25-17(22-14(3)18-20-9-10-21-18)11-16(23-19(12)25)15-7-5-4-6-8-15/h4-11,14,22H,1-3H3,(H,20,21)/t14-/m1/s1. The second-order valence-corrected chi connectivity index (χ2v) is 6.18. The van der Waals surface area contributed by atoms with Gasteiger partial charge >= 0.3 is 0 Å². The molecule has 0 aliphatic rings. The molecule has 4 rings (SSSR count). The van der Waals surface area contributed by atoms with E-state index in [-0.39, 0.29) is 6.04 Å². The van der Waals surface area contributed by atoms with E-state index in [1.54, 1.807) is 6.20 Å². The molecule has 0 unspecified atom stereocenters. The number of benzene rings is 1. The maximum Gasteiger partial charge on any atom is 0.161 e. The third-order valence-electron chi connectivity index (χ3n) is 4.42. The van der Waals surface area contributed by atoms with Crippen molar-refractivity contribution in [2.75, 3.05) is 5.32 Å². The second kappa shape index (κ2) is 6.05.